The van der Waals surface area contributed by atoms with Gasteiger partial charge in [0.2, 0.25) is 5.95 Å². The minimum absolute atomic E-state index is 0.659. The number of nitrogens with zero attached hydrogens (tertiary/aromatic N) is 4. The number of piperazine rings is 1. The summed E-state index contributed by atoms with van der Waals surface area (Å²) in [5.41, 5.74) is 0. The third kappa shape index (κ3) is 1.90. The minimum atomic E-state index is 0.659. The van der Waals surface area contributed by atoms with E-state index in [2.05, 4.69) is 33.6 Å². The van der Waals surface area contributed by atoms with Crippen LogP contribution in [0.15, 0.2) is 18.5 Å². The molecular formula is C13H20N4. The third-order valence-electron chi connectivity index (χ3n) is 3.97. The van der Waals surface area contributed by atoms with Gasteiger partial charge in [0.25, 0.3) is 0 Å². The monoisotopic (exact) mass is 232 g/mol. The molecule has 0 N–H and O–H groups in total. The smallest absolute Gasteiger partial charge is 0.225 e. The molecule has 0 radical (unpaired) electrons. The van der Waals surface area contributed by atoms with Crippen molar-refractivity contribution in [2.24, 2.45) is 0 Å². The van der Waals surface area contributed by atoms with Gasteiger partial charge in [0.1, 0.15) is 0 Å². The van der Waals surface area contributed by atoms with Crippen LogP contribution in [-0.4, -0.2) is 46.1 Å². The van der Waals surface area contributed by atoms with Crippen LogP contribution in [0.25, 0.3) is 0 Å². The predicted octanol–water partition coefficient (Wildman–Crippen LogP) is 1.54. The Morgan fingerprint density at radius 3 is 2.24 bits per heavy atom. The van der Waals surface area contributed by atoms with E-state index in [0.29, 0.717) is 18.1 Å². The molecule has 2 bridgehead atoms. The maximum atomic E-state index is 4.37. The molecule has 3 heterocycles. The molecule has 0 amide bonds. The fraction of sp³-hybridized carbons (Fsp3) is 0.692. The molecule has 4 nitrogen and oxygen atoms in total. The Kier molecular flexibility index (Phi) is 2.74. The summed E-state index contributed by atoms with van der Waals surface area (Å²) in [6.45, 7) is 6.78. The summed E-state index contributed by atoms with van der Waals surface area (Å²) >= 11 is 0. The van der Waals surface area contributed by atoms with Gasteiger partial charge in [-0.15, -0.1) is 0 Å². The van der Waals surface area contributed by atoms with Crippen LogP contribution < -0.4 is 4.90 Å². The SMILES string of the molecule is CC(C)N1[C@H]2CC[C@H]1CN(c1ncccn1)C2. The zero-order chi connectivity index (χ0) is 11.8. The number of rotatable bonds is 2. The van der Waals surface area contributed by atoms with E-state index in [1.165, 1.54) is 12.8 Å². The molecule has 92 valence electrons. The van der Waals surface area contributed by atoms with E-state index in [1.54, 1.807) is 0 Å². The molecule has 4 heteroatoms. The van der Waals surface area contributed by atoms with Gasteiger partial charge < -0.3 is 4.90 Å². The summed E-state index contributed by atoms with van der Waals surface area (Å²) in [5.74, 6) is 0.896. The van der Waals surface area contributed by atoms with Gasteiger partial charge in [-0.3, -0.25) is 4.90 Å². The molecule has 2 saturated heterocycles. The highest BCUT2D eigenvalue weighted by Crippen LogP contribution is 2.32. The highest BCUT2D eigenvalue weighted by molar-refractivity contribution is 5.31. The molecule has 0 aliphatic carbocycles. The number of anilines is 1. The molecule has 3 rings (SSSR count). The molecule has 17 heavy (non-hydrogen) atoms. The molecule has 0 aromatic carbocycles. The molecule has 2 fully saturated rings. The summed E-state index contributed by atoms with van der Waals surface area (Å²) in [7, 11) is 0. The van der Waals surface area contributed by atoms with Crippen LogP contribution in [0.2, 0.25) is 0 Å². The fourth-order valence-electron chi connectivity index (χ4n) is 3.40. The van der Waals surface area contributed by atoms with Crippen LogP contribution in [0.3, 0.4) is 0 Å². The van der Waals surface area contributed by atoms with E-state index in [-0.39, 0.29) is 0 Å². The minimum Gasteiger partial charge on any atom is -0.338 e. The second kappa shape index (κ2) is 4.26. The summed E-state index contributed by atoms with van der Waals surface area (Å²) in [6.07, 6.45) is 6.32. The van der Waals surface area contributed by atoms with Gasteiger partial charge in [-0.05, 0) is 32.8 Å². The normalized spacial score (nSPS) is 29.0. The molecule has 1 aromatic heterocycles. The van der Waals surface area contributed by atoms with Crippen molar-refractivity contribution in [1.29, 1.82) is 0 Å². The van der Waals surface area contributed by atoms with Crippen molar-refractivity contribution in [3.05, 3.63) is 18.5 Å². The lowest BCUT2D eigenvalue weighted by Crippen LogP contribution is -2.56. The molecular weight excluding hydrogens is 212 g/mol. The first-order valence-electron chi connectivity index (χ1n) is 6.55. The quantitative estimate of drug-likeness (QED) is 0.774. The van der Waals surface area contributed by atoms with Crippen molar-refractivity contribution >= 4 is 5.95 Å². The molecule has 2 atom stereocenters. The predicted molar refractivity (Wildman–Crippen MR) is 68.0 cm³/mol. The van der Waals surface area contributed by atoms with Gasteiger partial charge in [-0.1, -0.05) is 0 Å². The highest BCUT2D eigenvalue weighted by Gasteiger charge is 2.41. The van der Waals surface area contributed by atoms with Crippen LogP contribution in [0.4, 0.5) is 5.95 Å². The molecule has 0 unspecified atom stereocenters. The van der Waals surface area contributed by atoms with Gasteiger partial charge in [-0.2, -0.15) is 0 Å². The molecule has 2 aliphatic heterocycles. The number of aromatic nitrogens is 2. The van der Waals surface area contributed by atoms with Crippen LogP contribution >= 0.6 is 0 Å². The van der Waals surface area contributed by atoms with E-state index in [9.17, 15) is 0 Å². The maximum absolute atomic E-state index is 4.37. The van der Waals surface area contributed by atoms with Crippen molar-refractivity contribution in [3.8, 4) is 0 Å². The van der Waals surface area contributed by atoms with E-state index in [1.807, 2.05) is 18.5 Å². The Labute approximate surface area is 103 Å². The molecule has 2 aliphatic rings. The average Bonchev–Trinajstić information content (AvgIpc) is 2.62. The van der Waals surface area contributed by atoms with Crippen molar-refractivity contribution in [2.45, 2.75) is 44.8 Å². The summed E-state index contributed by atoms with van der Waals surface area (Å²) in [5, 5.41) is 0. The van der Waals surface area contributed by atoms with Gasteiger partial charge in [0.05, 0.1) is 0 Å². The number of hydrogen-bond acceptors (Lipinski definition) is 4. The molecule has 1 aromatic rings. The van der Waals surface area contributed by atoms with Crippen LogP contribution in [0, 0.1) is 0 Å². The van der Waals surface area contributed by atoms with Crippen molar-refractivity contribution in [2.75, 3.05) is 18.0 Å². The average molecular weight is 232 g/mol. The van der Waals surface area contributed by atoms with Crippen molar-refractivity contribution in [1.82, 2.24) is 14.9 Å². The van der Waals surface area contributed by atoms with Crippen molar-refractivity contribution in [3.63, 3.8) is 0 Å². The fourth-order valence-corrected chi connectivity index (χ4v) is 3.40. The van der Waals surface area contributed by atoms with Gasteiger partial charge >= 0.3 is 0 Å². The van der Waals surface area contributed by atoms with Gasteiger partial charge in [0.15, 0.2) is 0 Å². The Hall–Kier alpha value is -1.16. The van der Waals surface area contributed by atoms with Crippen LogP contribution in [0.1, 0.15) is 26.7 Å². The molecule has 0 saturated carbocycles. The topological polar surface area (TPSA) is 32.3 Å². The highest BCUT2D eigenvalue weighted by atomic mass is 15.4. The van der Waals surface area contributed by atoms with E-state index in [0.717, 1.165) is 19.0 Å². The van der Waals surface area contributed by atoms with E-state index in [4.69, 9.17) is 0 Å². The molecule has 0 spiro atoms. The lowest BCUT2D eigenvalue weighted by atomic mass is 10.1. The van der Waals surface area contributed by atoms with E-state index < -0.39 is 0 Å². The van der Waals surface area contributed by atoms with Crippen molar-refractivity contribution < 1.29 is 0 Å². The number of fused-ring (bicyclic) bond motifs is 2. The van der Waals surface area contributed by atoms with Crippen LogP contribution in [-0.2, 0) is 0 Å². The van der Waals surface area contributed by atoms with Gasteiger partial charge in [0, 0.05) is 43.6 Å². The summed E-state index contributed by atoms with van der Waals surface area (Å²) in [4.78, 5) is 13.8. The van der Waals surface area contributed by atoms with Crippen LogP contribution in [0.5, 0.6) is 0 Å². The summed E-state index contributed by atoms with van der Waals surface area (Å²) < 4.78 is 0. The number of hydrogen-bond donors (Lipinski definition) is 0. The third-order valence-corrected chi connectivity index (χ3v) is 3.97. The second-order valence-corrected chi connectivity index (χ2v) is 5.38. The zero-order valence-electron chi connectivity index (χ0n) is 10.6. The van der Waals surface area contributed by atoms with Gasteiger partial charge in [-0.25, -0.2) is 9.97 Å². The lowest BCUT2D eigenvalue weighted by molar-refractivity contribution is 0.128. The first-order valence-corrected chi connectivity index (χ1v) is 6.55. The van der Waals surface area contributed by atoms with E-state index >= 15 is 0 Å². The Morgan fingerprint density at radius 2 is 1.71 bits per heavy atom. The lowest BCUT2D eigenvalue weighted by Gasteiger charge is -2.43. The first-order chi connectivity index (χ1) is 8.25. The second-order valence-electron chi connectivity index (χ2n) is 5.38. The Morgan fingerprint density at radius 1 is 1.12 bits per heavy atom. The largest absolute Gasteiger partial charge is 0.338 e. The Bertz CT molecular complexity index is 364. The Balaban J connectivity index is 1.78. The summed E-state index contributed by atoms with van der Waals surface area (Å²) in [6, 6.07) is 3.92. The zero-order valence-corrected chi connectivity index (χ0v) is 10.6. The standard InChI is InChI=1S/C13H20N4/c1-10(2)17-11-4-5-12(17)9-16(8-11)13-14-6-3-7-15-13/h3,6-7,10-12H,4-5,8-9H2,1-2H3/t11-,12-/m0/s1. The first kappa shape index (κ1) is 11.0. The maximum Gasteiger partial charge on any atom is 0.225 e.